The van der Waals surface area contributed by atoms with Crippen LogP contribution < -0.4 is 5.32 Å². The molecule has 1 aliphatic carbocycles. The standard InChI is InChI=1S/C19H30N4O2S/c1-14-18(26-22-21-14)19(25)23-11-9-16(10-12-23)13-20-17(24)8-7-15-5-3-2-4-6-15/h15-16H,2-13H2,1H3,(H,20,24). The minimum absolute atomic E-state index is 0.0486. The fourth-order valence-electron chi connectivity index (χ4n) is 4.07. The lowest BCUT2D eigenvalue weighted by Crippen LogP contribution is -2.41. The average Bonchev–Trinajstić information content (AvgIpc) is 3.11. The van der Waals surface area contributed by atoms with Crippen LogP contribution >= 0.6 is 11.5 Å². The van der Waals surface area contributed by atoms with Crippen LogP contribution in [-0.4, -0.2) is 45.9 Å². The highest BCUT2D eigenvalue weighted by Gasteiger charge is 2.26. The molecule has 0 bridgehead atoms. The van der Waals surface area contributed by atoms with Crippen LogP contribution in [0.25, 0.3) is 0 Å². The summed E-state index contributed by atoms with van der Waals surface area (Å²) in [5, 5.41) is 7.03. The number of carbonyl (C=O) groups is 2. The molecular formula is C19H30N4O2S. The van der Waals surface area contributed by atoms with Crippen LogP contribution in [0.2, 0.25) is 0 Å². The van der Waals surface area contributed by atoms with Crippen molar-refractivity contribution in [1.82, 2.24) is 19.8 Å². The number of hydrogen-bond acceptors (Lipinski definition) is 5. The molecule has 2 amide bonds. The molecule has 1 aliphatic heterocycles. The Morgan fingerprint density at radius 3 is 2.50 bits per heavy atom. The first-order valence-electron chi connectivity index (χ1n) is 9.98. The second-order valence-corrected chi connectivity index (χ2v) is 8.52. The van der Waals surface area contributed by atoms with Gasteiger partial charge in [0.2, 0.25) is 5.91 Å². The highest BCUT2D eigenvalue weighted by atomic mass is 32.1. The summed E-state index contributed by atoms with van der Waals surface area (Å²) in [5.74, 6) is 1.47. The highest BCUT2D eigenvalue weighted by molar-refractivity contribution is 7.07. The van der Waals surface area contributed by atoms with Crippen molar-refractivity contribution in [2.45, 2.75) is 64.7 Å². The van der Waals surface area contributed by atoms with Gasteiger partial charge < -0.3 is 10.2 Å². The van der Waals surface area contributed by atoms with Gasteiger partial charge in [-0.2, -0.15) is 0 Å². The molecule has 1 aromatic heterocycles. The number of carbonyl (C=O) groups excluding carboxylic acids is 2. The summed E-state index contributed by atoms with van der Waals surface area (Å²) in [6, 6.07) is 0. The number of nitrogens with zero attached hydrogens (tertiary/aromatic N) is 3. The molecule has 0 atom stereocenters. The van der Waals surface area contributed by atoms with Gasteiger partial charge in [-0.1, -0.05) is 36.6 Å². The predicted molar refractivity (Wildman–Crippen MR) is 102 cm³/mol. The molecule has 2 heterocycles. The lowest BCUT2D eigenvalue weighted by molar-refractivity contribution is -0.121. The maximum Gasteiger partial charge on any atom is 0.267 e. The van der Waals surface area contributed by atoms with Crippen molar-refractivity contribution in [2.24, 2.45) is 11.8 Å². The number of aryl methyl sites for hydroxylation is 1. The fraction of sp³-hybridized carbons (Fsp3) is 0.789. The maximum atomic E-state index is 12.5. The SMILES string of the molecule is Cc1nnsc1C(=O)N1CCC(CNC(=O)CCC2CCCCC2)CC1. The Morgan fingerprint density at radius 1 is 1.12 bits per heavy atom. The number of piperidine rings is 1. The first kappa shape index (κ1) is 19.3. The Balaban J connectivity index is 1.33. The monoisotopic (exact) mass is 378 g/mol. The van der Waals surface area contributed by atoms with Gasteiger partial charge in [-0.15, -0.1) is 5.10 Å². The Kier molecular flexibility index (Phi) is 7.00. The molecule has 0 unspecified atom stereocenters. The molecule has 144 valence electrons. The number of hydrogen-bond donors (Lipinski definition) is 1. The summed E-state index contributed by atoms with van der Waals surface area (Å²) in [4.78, 5) is 27.1. The minimum atomic E-state index is 0.0486. The summed E-state index contributed by atoms with van der Waals surface area (Å²) >= 11 is 1.17. The van der Waals surface area contributed by atoms with E-state index in [-0.39, 0.29) is 11.8 Å². The molecule has 1 saturated heterocycles. The van der Waals surface area contributed by atoms with Gasteiger partial charge in [0.15, 0.2) is 0 Å². The van der Waals surface area contributed by atoms with Gasteiger partial charge in [-0.05, 0) is 49.6 Å². The van der Waals surface area contributed by atoms with E-state index in [0.29, 0.717) is 22.9 Å². The summed E-state index contributed by atoms with van der Waals surface area (Å²) in [7, 11) is 0. The summed E-state index contributed by atoms with van der Waals surface area (Å²) in [6.45, 7) is 4.07. The van der Waals surface area contributed by atoms with E-state index in [4.69, 9.17) is 0 Å². The molecule has 0 spiro atoms. The zero-order chi connectivity index (χ0) is 18.4. The summed E-state index contributed by atoms with van der Waals surface area (Å²) in [5.41, 5.74) is 0.715. The smallest absolute Gasteiger partial charge is 0.267 e. The van der Waals surface area contributed by atoms with Crippen LogP contribution in [-0.2, 0) is 4.79 Å². The van der Waals surface area contributed by atoms with Crippen molar-refractivity contribution in [1.29, 1.82) is 0 Å². The first-order chi connectivity index (χ1) is 12.6. The van der Waals surface area contributed by atoms with Gasteiger partial charge in [-0.25, -0.2) is 0 Å². The van der Waals surface area contributed by atoms with E-state index in [1.165, 1.54) is 43.6 Å². The molecule has 1 saturated carbocycles. The summed E-state index contributed by atoms with van der Waals surface area (Å²) < 4.78 is 3.85. The maximum absolute atomic E-state index is 12.5. The van der Waals surface area contributed by atoms with Gasteiger partial charge in [0.05, 0.1) is 5.69 Å². The molecule has 26 heavy (non-hydrogen) atoms. The number of amides is 2. The second-order valence-electron chi connectivity index (χ2n) is 7.77. The third-order valence-corrected chi connectivity index (χ3v) is 6.66. The van der Waals surface area contributed by atoms with E-state index in [9.17, 15) is 9.59 Å². The normalized spacial score (nSPS) is 19.5. The van der Waals surface area contributed by atoms with Gasteiger partial charge >= 0.3 is 0 Å². The van der Waals surface area contributed by atoms with E-state index >= 15 is 0 Å². The topological polar surface area (TPSA) is 75.2 Å². The zero-order valence-corrected chi connectivity index (χ0v) is 16.5. The van der Waals surface area contributed by atoms with E-state index in [2.05, 4.69) is 14.9 Å². The summed E-state index contributed by atoms with van der Waals surface area (Å²) in [6.07, 6.45) is 10.2. The van der Waals surface area contributed by atoms with Gasteiger partial charge in [0, 0.05) is 26.1 Å². The van der Waals surface area contributed by atoms with Crippen molar-refractivity contribution in [3.05, 3.63) is 10.6 Å². The van der Waals surface area contributed by atoms with Crippen molar-refractivity contribution < 1.29 is 9.59 Å². The lowest BCUT2D eigenvalue weighted by Gasteiger charge is -2.31. The largest absolute Gasteiger partial charge is 0.356 e. The Bertz CT molecular complexity index is 604. The molecule has 2 aliphatic rings. The molecule has 1 aromatic rings. The first-order valence-corrected chi connectivity index (χ1v) is 10.8. The second kappa shape index (κ2) is 9.44. The van der Waals surface area contributed by atoms with Crippen LogP contribution in [0.4, 0.5) is 0 Å². The van der Waals surface area contributed by atoms with E-state index < -0.39 is 0 Å². The molecular weight excluding hydrogens is 348 g/mol. The van der Waals surface area contributed by atoms with E-state index in [0.717, 1.165) is 44.8 Å². The van der Waals surface area contributed by atoms with Crippen molar-refractivity contribution in [3.63, 3.8) is 0 Å². The highest BCUT2D eigenvalue weighted by Crippen LogP contribution is 2.27. The van der Waals surface area contributed by atoms with Crippen LogP contribution in [0.3, 0.4) is 0 Å². The van der Waals surface area contributed by atoms with Gasteiger partial charge in [0.25, 0.3) is 5.91 Å². The average molecular weight is 379 g/mol. The van der Waals surface area contributed by atoms with Crippen LogP contribution in [0.5, 0.6) is 0 Å². The van der Waals surface area contributed by atoms with E-state index in [1.54, 1.807) is 0 Å². The molecule has 7 heteroatoms. The van der Waals surface area contributed by atoms with Crippen molar-refractivity contribution >= 4 is 23.3 Å². The molecule has 0 radical (unpaired) electrons. The number of likely N-dealkylation sites (tertiary alicyclic amines) is 1. The minimum Gasteiger partial charge on any atom is -0.356 e. The number of aromatic nitrogens is 2. The van der Waals surface area contributed by atoms with Crippen LogP contribution in [0, 0.1) is 18.8 Å². The molecule has 1 N–H and O–H groups in total. The molecule has 3 rings (SSSR count). The zero-order valence-electron chi connectivity index (χ0n) is 15.7. The van der Waals surface area contributed by atoms with E-state index in [1.807, 2.05) is 11.8 Å². The fourth-order valence-corrected chi connectivity index (χ4v) is 4.69. The van der Waals surface area contributed by atoms with Gasteiger partial charge in [0.1, 0.15) is 4.88 Å². The number of rotatable bonds is 6. The Morgan fingerprint density at radius 2 is 1.85 bits per heavy atom. The molecule has 0 aromatic carbocycles. The third kappa shape index (κ3) is 5.25. The Hall–Kier alpha value is -1.50. The molecule has 6 nitrogen and oxygen atoms in total. The van der Waals surface area contributed by atoms with Gasteiger partial charge in [-0.3, -0.25) is 9.59 Å². The van der Waals surface area contributed by atoms with Crippen molar-refractivity contribution in [2.75, 3.05) is 19.6 Å². The molecule has 2 fully saturated rings. The number of nitrogens with one attached hydrogen (secondary N) is 1. The van der Waals surface area contributed by atoms with Crippen LogP contribution in [0.15, 0.2) is 0 Å². The van der Waals surface area contributed by atoms with Crippen molar-refractivity contribution in [3.8, 4) is 0 Å². The van der Waals surface area contributed by atoms with Crippen LogP contribution in [0.1, 0.15) is 73.2 Å². The predicted octanol–water partition coefficient (Wildman–Crippen LogP) is 3.18. The third-order valence-electron chi connectivity index (χ3n) is 5.84. The lowest BCUT2D eigenvalue weighted by atomic mass is 9.86. The quantitative estimate of drug-likeness (QED) is 0.825. The Labute approximate surface area is 159 Å².